The zero-order valence-electron chi connectivity index (χ0n) is 17.3. The molecule has 1 saturated heterocycles. The molecule has 3 aromatic heterocycles. The SMILES string of the molecule is Clc1cccc(N2CCN(c3nc4ccccc4c4nc(-c5ccncc5)nn34)CC2)c1. The summed E-state index contributed by atoms with van der Waals surface area (Å²) in [6.07, 6.45) is 3.51. The molecule has 1 aliphatic heterocycles. The van der Waals surface area contributed by atoms with Crippen LogP contribution < -0.4 is 9.80 Å². The van der Waals surface area contributed by atoms with E-state index in [1.807, 2.05) is 59.1 Å². The minimum Gasteiger partial charge on any atom is -0.368 e. The van der Waals surface area contributed by atoms with Crippen molar-refractivity contribution in [2.24, 2.45) is 0 Å². The first-order valence-corrected chi connectivity index (χ1v) is 11.0. The highest BCUT2D eigenvalue weighted by Gasteiger charge is 2.23. The summed E-state index contributed by atoms with van der Waals surface area (Å²) < 4.78 is 1.88. The second kappa shape index (κ2) is 7.76. The lowest BCUT2D eigenvalue weighted by Crippen LogP contribution is -2.47. The van der Waals surface area contributed by atoms with Gasteiger partial charge in [0.1, 0.15) is 0 Å². The number of halogens is 1. The molecule has 5 aromatic rings. The molecule has 0 radical (unpaired) electrons. The molecule has 0 atom stereocenters. The molecule has 1 fully saturated rings. The van der Waals surface area contributed by atoms with Gasteiger partial charge in [-0.25, -0.2) is 9.97 Å². The molecule has 0 N–H and O–H groups in total. The van der Waals surface area contributed by atoms with Crippen LogP contribution in [0.2, 0.25) is 5.02 Å². The van der Waals surface area contributed by atoms with E-state index in [1.165, 1.54) is 0 Å². The highest BCUT2D eigenvalue weighted by atomic mass is 35.5. The lowest BCUT2D eigenvalue weighted by atomic mass is 10.2. The first kappa shape index (κ1) is 19.0. The van der Waals surface area contributed by atoms with Gasteiger partial charge in [-0.2, -0.15) is 4.52 Å². The van der Waals surface area contributed by atoms with E-state index in [2.05, 4.69) is 20.9 Å². The van der Waals surface area contributed by atoms with Crippen molar-refractivity contribution in [1.82, 2.24) is 24.6 Å². The second-order valence-electron chi connectivity index (χ2n) is 7.79. The van der Waals surface area contributed by atoms with Gasteiger partial charge in [0.2, 0.25) is 5.95 Å². The van der Waals surface area contributed by atoms with E-state index in [0.717, 1.165) is 65.0 Å². The van der Waals surface area contributed by atoms with Crippen molar-refractivity contribution in [3.63, 3.8) is 0 Å². The molecular weight excluding hydrogens is 422 g/mol. The molecule has 0 amide bonds. The Morgan fingerprint density at radius 2 is 1.56 bits per heavy atom. The van der Waals surface area contributed by atoms with Gasteiger partial charge in [-0.3, -0.25) is 4.98 Å². The Bertz CT molecular complexity index is 1410. The van der Waals surface area contributed by atoms with Gasteiger partial charge in [-0.05, 0) is 42.5 Å². The third-order valence-electron chi connectivity index (χ3n) is 5.84. The van der Waals surface area contributed by atoms with E-state index < -0.39 is 0 Å². The number of benzene rings is 2. The number of pyridine rings is 1. The average molecular weight is 442 g/mol. The van der Waals surface area contributed by atoms with E-state index >= 15 is 0 Å². The highest BCUT2D eigenvalue weighted by molar-refractivity contribution is 6.30. The molecule has 0 aliphatic carbocycles. The number of piperazine rings is 1. The number of hydrogen-bond acceptors (Lipinski definition) is 6. The number of aromatic nitrogens is 5. The maximum absolute atomic E-state index is 6.19. The Labute approximate surface area is 189 Å². The molecule has 6 rings (SSSR count). The molecule has 4 heterocycles. The number of nitrogens with zero attached hydrogens (tertiary/aromatic N) is 7. The van der Waals surface area contributed by atoms with Crippen molar-refractivity contribution < 1.29 is 0 Å². The summed E-state index contributed by atoms with van der Waals surface area (Å²) in [6, 6.07) is 20.0. The lowest BCUT2D eigenvalue weighted by molar-refractivity contribution is 0.632. The molecule has 2 aromatic carbocycles. The van der Waals surface area contributed by atoms with Crippen molar-refractivity contribution in [3.05, 3.63) is 78.1 Å². The van der Waals surface area contributed by atoms with Crippen LogP contribution in [0.4, 0.5) is 11.6 Å². The molecule has 0 saturated carbocycles. The average Bonchev–Trinajstić information content (AvgIpc) is 3.30. The summed E-state index contributed by atoms with van der Waals surface area (Å²) in [5.41, 5.74) is 3.81. The second-order valence-corrected chi connectivity index (χ2v) is 8.23. The van der Waals surface area contributed by atoms with E-state index in [4.69, 9.17) is 26.7 Å². The van der Waals surface area contributed by atoms with Gasteiger partial charge in [0, 0.05) is 60.2 Å². The maximum Gasteiger partial charge on any atom is 0.229 e. The van der Waals surface area contributed by atoms with Gasteiger partial charge < -0.3 is 9.80 Å². The highest BCUT2D eigenvalue weighted by Crippen LogP contribution is 2.27. The standard InChI is InChI=1S/C24H20ClN7/c25-18-4-3-5-19(16-18)30-12-14-31(15-13-30)24-27-21-7-2-1-6-20(21)23-28-22(29-32(23)24)17-8-10-26-11-9-17/h1-11,16H,12-15H2. The molecule has 8 heteroatoms. The molecule has 0 unspecified atom stereocenters. The third kappa shape index (κ3) is 3.31. The van der Waals surface area contributed by atoms with Crippen molar-refractivity contribution in [3.8, 4) is 11.4 Å². The molecule has 7 nitrogen and oxygen atoms in total. The van der Waals surface area contributed by atoms with Crippen LogP contribution in [0, 0.1) is 0 Å². The predicted octanol–water partition coefficient (Wildman–Crippen LogP) is 4.32. The number of para-hydroxylation sites is 1. The fourth-order valence-electron chi connectivity index (χ4n) is 4.21. The maximum atomic E-state index is 6.19. The van der Waals surface area contributed by atoms with Crippen molar-refractivity contribution in [2.75, 3.05) is 36.0 Å². The Balaban J connectivity index is 1.40. The van der Waals surface area contributed by atoms with Crippen LogP contribution in [0.25, 0.3) is 27.9 Å². The molecule has 32 heavy (non-hydrogen) atoms. The van der Waals surface area contributed by atoms with Gasteiger partial charge in [0.05, 0.1) is 5.52 Å². The predicted molar refractivity (Wildman–Crippen MR) is 127 cm³/mol. The monoisotopic (exact) mass is 441 g/mol. The summed E-state index contributed by atoms with van der Waals surface area (Å²) in [5, 5.41) is 6.59. The summed E-state index contributed by atoms with van der Waals surface area (Å²) in [7, 11) is 0. The molecular formula is C24H20ClN7. The third-order valence-corrected chi connectivity index (χ3v) is 6.07. The van der Waals surface area contributed by atoms with E-state index in [1.54, 1.807) is 12.4 Å². The summed E-state index contributed by atoms with van der Waals surface area (Å²) in [6.45, 7) is 3.42. The first-order chi connectivity index (χ1) is 15.8. The van der Waals surface area contributed by atoms with Crippen molar-refractivity contribution >= 4 is 39.8 Å². The van der Waals surface area contributed by atoms with Gasteiger partial charge in [-0.15, -0.1) is 5.10 Å². The molecule has 158 valence electrons. The van der Waals surface area contributed by atoms with Gasteiger partial charge >= 0.3 is 0 Å². The number of fused-ring (bicyclic) bond motifs is 3. The summed E-state index contributed by atoms with van der Waals surface area (Å²) in [5.74, 6) is 1.49. The van der Waals surface area contributed by atoms with Crippen LogP contribution in [-0.4, -0.2) is 50.7 Å². The van der Waals surface area contributed by atoms with Crippen LogP contribution in [0.15, 0.2) is 73.1 Å². The summed E-state index contributed by atoms with van der Waals surface area (Å²) in [4.78, 5) is 18.6. The number of hydrogen-bond donors (Lipinski definition) is 0. The van der Waals surface area contributed by atoms with E-state index in [9.17, 15) is 0 Å². The van der Waals surface area contributed by atoms with Gasteiger partial charge in [0.15, 0.2) is 11.5 Å². The molecule has 1 aliphatic rings. The zero-order chi connectivity index (χ0) is 21.5. The smallest absolute Gasteiger partial charge is 0.229 e. The fraction of sp³-hybridized carbons (Fsp3) is 0.167. The van der Waals surface area contributed by atoms with Crippen molar-refractivity contribution in [1.29, 1.82) is 0 Å². The minimum absolute atomic E-state index is 0.671. The summed E-state index contributed by atoms with van der Waals surface area (Å²) >= 11 is 6.19. The Morgan fingerprint density at radius 3 is 2.38 bits per heavy atom. The topological polar surface area (TPSA) is 62.5 Å². The molecule has 0 bridgehead atoms. The zero-order valence-corrected chi connectivity index (χ0v) is 18.0. The van der Waals surface area contributed by atoms with Crippen LogP contribution in [0.5, 0.6) is 0 Å². The minimum atomic E-state index is 0.671. The Hall–Kier alpha value is -3.71. The number of anilines is 2. The van der Waals surface area contributed by atoms with Crippen LogP contribution >= 0.6 is 11.6 Å². The normalized spacial score (nSPS) is 14.4. The van der Waals surface area contributed by atoms with Gasteiger partial charge in [0.25, 0.3) is 0 Å². The Morgan fingerprint density at radius 1 is 0.781 bits per heavy atom. The largest absolute Gasteiger partial charge is 0.368 e. The quantitative estimate of drug-likeness (QED) is 0.415. The number of rotatable bonds is 3. The lowest BCUT2D eigenvalue weighted by Gasteiger charge is -2.36. The molecule has 0 spiro atoms. The first-order valence-electron chi connectivity index (χ1n) is 10.6. The van der Waals surface area contributed by atoms with Crippen molar-refractivity contribution in [2.45, 2.75) is 0 Å². The van der Waals surface area contributed by atoms with Crippen LogP contribution in [0.3, 0.4) is 0 Å². The van der Waals surface area contributed by atoms with Crippen LogP contribution in [-0.2, 0) is 0 Å². The van der Waals surface area contributed by atoms with Gasteiger partial charge in [-0.1, -0.05) is 29.8 Å². The fourth-order valence-corrected chi connectivity index (χ4v) is 4.39. The van der Waals surface area contributed by atoms with E-state index in [-0.39, 0.29) is 0 Å². The van der Waals surface area contributed by atoms with Crippen LogP contribution in [0.1, 0.15) is 0 Å². The Kier molecular flexibility index (Phi) is 4.61. The van der Waals surface area contributed by atoms with E-state index in [0.29, 0.717) is 5.82 Å².